The quantitative estimate of drug-likeness (QED) is 0.432. The van der Waals surface area contributed by atoms with Gasteiger partial charge in [0.1, 0.15) is 0 Å². The molecule has 1 saturated carbocycles. The molecular formula is C5H9NS. The molecule has 2 fully saturated rings. The van der Waals surface area contributed by atoms with Crippen molar-refractivity contribution in [3.05, 3.63) is 0 Å². The molecule has 1 aliphatic heterocycles. The first kappa shape index (κ1) is 4.21. The Morgan fingerprint density at radius 2 is 2.57 bits per heavy atom. The molecule has 2 rings (SSSR count). The van der Waals surface area contributed by atoms with Crippen molar-refractivity contribution < 1.29 is 0 Å². The minimum Gasteiger partial charge on any atom is -0.315 e. The van der Waals surface area contributed by atoms with Gasteiger partial charge in [-0.25, -0.2) is 0 Å². The monoisotopic (exact) mass is 115 g/mol. The van der Waals surface area contributed by atoms with Gasteiger partial charge in [0.2, 0.25) is 0 Å². The van der Waals surface area contributed by atoms with E-state index in [0.717, 1.165) is 12.5 Å². The first-order valence-electron chi connectivity index (χ1n) is 2.74. The summed E-state index contributed by atoms with van der Waals surface area (Å²) in [4.78, 5) is 0. The molecule has 1 aliphatic carbocycles. The van der Waals surface area contributed by atoms with Gasteiger partial charge in [0.05, 0.1) is 0 Å². The maximum atomic E-state index is 4.46. The van der Waals surface area contributed by atoms with E-state index in [9.17, 15) is 0 Å². The second kappa shape index (κ2) is 1.00. The predicted molar refractivity (Wildman–Crippen MR) is 32.7 cm³/mol. The molecule has 7 heavy (non-hydrogen) atoms. The number of thiol groups is 1. The maximum absolute atomic E-state index is 4.46. The molecule has 2 aliphatic rings. The molecule has 1 nitrogen and oxygen atoms in total. The zero-order valence-corrected chi connectivity index (χ0v) is 5.04. The summed E-state index contributed by atoms with van der Waals surface area (Å²) in [5, 5.41) is 3.29. The highest BCUT2D eigenvalue weighted by Crippen LogP contribution is 2.51. The number of rotatable bonds is 0. The van der Waals surface area contributed by atoms with Crippen molar-refractivity contribution in [1.82, 2.24) is 5.32 Å². The minimum absolute atomic E-state index is 0.444. The normalized spacial score (nSPS) is 57.0. The van der Waals surface area contributed by atoms with E-state index >= 15 is 0 Å². The Morgan fingerprint density at radius 1 is 1.71 bits per heavy atom. The van der Waals surface area contributed by atoms with Crippen LogP contribution in [0.4, 0.5) is 0 Å². The summed E-state index contributed by atoms with van der Waals surface area (Å²) < 4.78 is 0.444. The van der Waals surface area contributed by atoms with E-state index < -0.39 is 0 Å². The molecule has 1 N–H and O–H groups in total. The molecule has 0 aromatic heterocycles. The number of piperidine rings is 1. The summed E-state index contributed by atoms with van der Waals surface area (Å²) in [5.74, 6) is 0.913. The fourth-order valence-electron chi connectivity index (χ4n) is 1.31. The lowest BCUT2D eigenvalue weighted by Gasteiger charge is -1.96. The van der Waals surface area contributed by atoms with Crippen molar-refractivity contribution in [2.75, 3.05) is 13.1 Å². The maximum Gasteiger partial charge on any atom is 0.0298 e. The van der Waals surface area contributed by atoms with Gasteiger partial charge in [-0.1, -0.05) is 0 Å². The fraction of sp³-hybridized carbons (Fsp3) is 1.00. The zero-order chi connectivity index (χ0) is 4.91. The molecule has 0 aromatic carbocycles. The number of nitrogens with one attached hydrogen (secondary N) is 1. The average molecular weight is 115 g/mol. The Kier molecular flexibility index (Phi) is 0.605. The summed E-state index contributed by atoms with van der Waals surface area (Å²) >= 11 is 4.46. The Hall–Kier alpha value is 0.310. The van der Waals surface area contributed by atoms with Crippen LogP contribution in [-0.2, 0) is 0 Å². The number of hydrogen-bond donors (Lipinski definition) is 2. The van der Waals surface area contributed by atoms with E-state index in [4.69, 9.17) is 0 Å². The summed E-state index contributed by atoms with van der Waals surface area (Å²) in [7, 11) is 0. The SMILES string of the molecule is SC12CNCC1C2. The van der Waals surface area contributed by atoms with E-state index in [1.807, 2.05) is 0 Å². The Morgan fingerprint density at radius 3 is 2.71 bits per heavy atom. The lowest BCUT2D eigenvalue weighted by Crippen LogP contribution is -2.15. The molecule has 1 saturated heterocycles. The van der Waals surface area contributed by atoms with E-state index in [2.05, 4.69) is 17.9 Å². The van der Waals surface area contributed by atoms with Crippen LogP contribution in [0.5, 0.6) is 0 Å². The van der Waals surface area contributed by atoms with Crippen LogP contribution in [0.25, 0.3) is 0 Å². The third-order valence-corrected chi connectivity index (χ3v) is 2.73. The molecule has 0 bridgehead atoms. The standard InChI is InChI=1S/C5H9NS/c7-5-1-4(5)2-6-3-5/h4,6-7H,1-3H2. The van der Waals surface area contributed by atoms with Gasteiger partial charge in [-0.15, -0.1) is 0 Å². The van der Waals surface area contributed by atoms with Crippen molar-refractivity contribution in [2.24, 2.45) is 5.92 Å². The Balaban J connectivity index is 2.17. The van der Waals surface area contributed by atoms with E-state index in [0.29, 0.717) is 4.75 Å². The van der Waals surface area contributed by atoms with Gasteiger partial charge in [0, 0.05) is 11.3 Å². The van der Waals surface area contributed by atoms with Gasteiger partial charge in [0.15, 0.2) is 0 Å². The van der Waals surface area contributed by atoms with Crippen LogP contribution < -0.4 is 5.32 Å². The summed E-state index contributed by atoms with van der Waals surface area (Å²) in [6.45, 7) is 2.35. The molecule has 0 aromatic rings. The van der Waals surface area contributed by atoms with Crippen molar-refractivity contribution in [3.8, 4) is 0 Å². The van der Waals surface area contributed by atoms with E-state index in [-0.39, 0.29) is 0 Å². The lowest BCUT2D eigenvalue weighted by atomic mass is 10.4. The van der Waals surface area contributed by atoms with Crippen LogP contribution in [0, 0.1) is 5.92 Å². The highest BCUT2D eigenvalue weighted by Gasteiger charge is 2.54. The van der Waals surface area contributed by atoms with Crippen molar-refractivity contribution in [3.63, 3.8) is 0 Å². The van der Waals surface area contributed by atoms with Gasteiger partial charge in [-0.05, 0) is 18.9 Å². The lowest BCUT2D eigenvalue weighted by molar-refractivity contribution is 0.740. The van der Waals surface area contributed by atoms with Crippen LogP contribution in [-0.4, -0.2) is 17.8 Å². The van der Waals surface area contributed by atoms with Gasteiger partial charge < -0.3 is 5.32 Å². The third-order valence-electron chi connectivity index (χ3n) is 2.02. The first-order valence-corrected chi connectivity index (χ1v) is 3.19. The molecule has 1 heterocycles. The van der Waals surface area contributed by atoms with E-state index in [1.165, 1.54) is 13.0 Å². The largest absolute Gasteiger partial charge is 0.315 e. The third kappa shape index (κ3) is 0.441. The van der Waals surface area contributed by atoms with Crippen LogP contribution in [0.1, 0.15) is 6.42 Å². The second-order valence-corrected chi connectivity index (χ2v) is 3.53. The number of fused-ring (bicyclic) bond motifs is 1. The molecular weight excluding hydrogens is 106 g/mol. The average Bonchev–Trinajstić information content (AvgIpc) is 2.09. The molecule has 0 radical (unpaired) electrons. The van der Waals surface area contributed by atoms with Crippen molar-refractivity contribution >= 4 is 12.6 Å². The molecule has 2 unspecified atom stereocenters. The minimum atomic E-state index is 0.444. The van der Waals surface area contributed by atoms with Crippen LogP contribution >= 0.6 is 12.6 Å². The van der Waals surface area contributed by atoms with E-state index in [1.54, 1.807) is 0 Å². The van der Waals surface area contributed by atoms with Crippen LogP contribution in [0.3, 0.4) is 0 Å². The topological polar surface area (TPSA) is 12.0 Å². The summed E-state index contributed by atoms with van der Waals surface area (Å²) in [6.07, 6.45) is 1.35. The molecule has 0 amide bonds. The molecule has 0 spiro atoms. The second-order valence-electron chi connectivity index (χ2n) is 2.64. The van der Waals surface area contributed by atoms with Crippen LogP contribution in [0.2, 0.25) is 0 Å². The Labute approximate surface area is 48.9 Å². The molecule has 2 heteroatoms. The molecule has 2 atom stereocenters. The molecule has 40 valence electrons. The first-order chi connectivity index (χ1) is 3.31. The smallest absolute Gasteiger partial charge is 0.0298 e. The van der Waals surface area contributed by atoms with Gasteiger partial charge in [0.25, 0.3) is 0 Å². The van der Waals surface area contributed by atoms with Crippen LogP contribution in [0.15, 0.2) is 0 Å². The van der Waals surface area contributed by atoms with Gasteiger partial charge in [-0.2, -0.15) is 12.6 Å². The number of hydrogen-bond acceptors (Lipinski definition) is 2. The summed E-state index contributed by atoms with van der Waals surface area (Å²) in [6, 6.07) is 0. The summed E-state index contributed by atoms with van der Waals surface area (Å²) in [5.41, 5.74) is 0. The van der Waals surface area contributed by atoms with Gasteiger partial charge >= 0.3 is 0 Å². The highest BCUT2D eigenvalue weighted by molar-refractivity contribution is 7.82. The fourth-order valence-corrected chi connectivity index (χ4v) is 1.73. The van der Waals surface area contributed by atoms with Crippen molar-refractivity contribution in [2.45, 2.75) is 11.2 Å². The zero-order valence-electron chi connectivity index (χ0n) is 4.15. The van der Waals surface area contributed by atoms with Gasteiger partial charge in [-0.3, -0.25) is 0 Å². The predicted octanol–water partition coefficient (Wildman–Crippen LogP) is 0.278. The Bertz CT molecular complexity index is 102. The highest BCUT2D eigenvalue weighted by atomic mass is 32.1. The van der Waals surface area contributed by atoms with Crippen molar-refractivity contribution in [1.29, 1.82) is 0 Å².